The molecule has 0 radical (unpaired) electrons. The normalized spacial score (nSPS) is 22.8. The lowest BCUT2D eigenvalue weighted by Gasteiger charge is -2.33. The molecular weight excluding hydrogens is 249 g/mol. The number of nitrogen functional groups attached to an aromatic ring is 1. The molecule has 1 unspecified atom stereocenters. The van der Waals surface area contributed by atoms with Gasteiger partial charge in [0, 0.05) is 16.8 Å². The van der Waals surface area contributed by atoms with E-state index in [1.165, 1.54) is 28.3 Å². The van der Waals surface area contributed by atoms with Crippen LogP contribution in [-0.4, -0.2) is 4.98 Å². The Morgan fingerprint density at radius 2 is 2.22 bits per heavy atom. The number of nitrogens with zero attached hydrogens (tertiary/aromatic N) is 1. The average molecular weight is 263 g/mol. The van der Waals surface area contributed by atoms with Crippen LogP contribution in [0.1, 0.15) is 22.6 Å². The lowest BCUT2D eigenvalue weighted by atomic mass is 9.78. The number of aromatic nitrogens is 1. The minimum Gasteiger partial charge on any atom is -0.375 e. The van der Waals surface area contributed by atoms with Crippen molar-refractivity contribution in [3.63, 3.8) is 0 Å². The summed E-state index contributed by atoms with van der Waals surface area (Å²) in [7, 11) is 0. The molecule has 0 fully saturated rings. The number of halogens is 1. The second kappa shape index (κ2) is 4.03. The summed E-state index contributed by atoms with van der Waals surface area (Å²) in [5.41, 5.74) is 13.4. The summed E-state index contributed by atoms with van der Waals surface area (Å²) in [6.07, 6.45) is 2.28. The Morgan fingerprint density at radius 3 is 3.00 bits per heavy atom. The minimum absolute atomic E-state index is 0.249. The predicted molar refractivity (Wildman–Crippen MR) is 70.8 cm³/mol. The van der Waals surface area contributed by atoms with E-state index in [0.717, 1.165) is 24.1 Å². The maximum absolute atomic E-state index is 13.3. The highest BCUT2D eigenvalue weighted by Crippen LogP contribution is 2.37. The van der Waals surface area contributed by atoms with Gasteiger partial charge in [-0.2, -0.15) is 0 Å². The van der Waals surface area contributed by atoms with E-state index in [-0.39, 0.29) is 5.82 Å². The van der Waals surface area contributed by atoms with Crippen LogP contribution >= 0.6 is 11.3 Å². The molecule has 0 aliphatic heterocycles. The molecule has 0 saturated carbocycles. The van der Waals surface area contributed by atoms with Crippen LogP contribution in [0.25, 0.3) is 0 Å². The van der Waals surface area contributed by atoms with Crippen molar-refractivity contribution >= 4 is 16.5 Å². The van der Waals surface area contributed by atoms with E-state index < -0.39 is 5.54 Å². The summed E-state index contributed by atoms with van der Waals surface area (Å²) in [5.74, 6) is -0.249. The number of thiazole rings is 1. The zero-order valence-electron chi connectivity index (χ0n) is 9.82. The number of benzene rings is 1. The Morgan fingerprint density at radius 1 is 1.39 bits per heavy atom. The predicted octanol–water partition coefficient (Wildman–Crippen LogP) is 2.21. The first-order chi connectivity index (χ1) is 8.57. The smallest absolute Gasteiger partial charge is 0.180 e. The van der Waals surface area contributed by atoms with Crippen LogP contribution < -0.4 is 11.5 Å². The van der Waals surface area contributed by atoms with Gasteiger partial charge in [0.1, 0.15) is 5.82 Å². The lowest BCUT2D eigenvalue weighted by molar-refractivity contribution is 0.381. The Balaban J connectivity index is 1.98. The van der Waals surface area contributed by atoms with Gasteiger partial charge in [-0.25, -0.2) is 9.37 Å². The van der Waals surface area contributed by atoms with Crippen molar-refractivity contribution in [2.24, 2.45) is 5.73 Å². The van der Waals surface area contributed by atoms with E-state index in [0.29, 0.717) is 11.6 Å². The Labute approximate surface area is 109 Å². The van der Waals surface area contributed by atoms with E-state index in [1.807, 2.05) is 6.07 Å². The van der Waals surface area contributed by atoms with Crippen molar-refractivity contribution in [2.45, 2.75) is 24.8 Å². The van der Waals surface area contributed by atoms with E-state index in [4.69, 9.17) is 11.5 Å². The molecule has 0 saturated heterocycles. The second-order valence-electron chi connectivity index (χ2n) is 4.77. The standard InChI is InChI=1S/C13H14FN3S/c14-9-3-1-2-8(6-9)13(16)5-4-11-10(7-13)17-12(15)18-11/h1-3,6H,4-5,7,16H2,(H2,15,17). The topological polar surface area (TPSA) is 64.9 Å². The Bertz CT molecular complexity index is 596. The molecule has 18 heavy (non-hydrogen) atoms. The van der Waals surface area contributed by atoms with Gasteiger partial charge in [0.2, 0.25) is 0 Å². The highest BCUT2D eigenvalue weighted by Gasteiger charge is 2.34. The number of fused-ring (bicyclic) bond motifs is 1. The fraction of sp³-hybridized carbons (Fsp3) is 0.308. The molecule has 1 aliphatic rings. The SMILES string of the molecule is Nc1nc2c(s1)CCC(N)(c1cccc(F)c1)C2. The molecule has 3 nitrogen and oxygen atoms in total. The van der Waals surface area contributed by atoms with Crippen molar-refractivity contribution < 1.29 is 4.39 Å². The van der Waals surface area contributed by atoms with Gasteiger partial charge in [0.05, 0.1) is 5.69 Å². The molecular formula is C13H14FN3S. The minimum atomic E-state index is -0.532. The second-order valence-corrected chi connectivity index (χ2v) is 5.88. The number of rotatable bonds is 1. The number of anilines is 1. The Hall–Kier alpha value is -1.46. The van der Waals surface area contributed by atoms with Crippen LogP contribution in [0.3, 0.4) is 0 Å². The fourth-order valence-electron chi connectivity index (χ4n) is 2.51. The average Bonchev–Trinajstić information content (AvgIpc) is 2.68. The monoisotopic (exact) mass is 263 g/mol. The molecule has 5 heteroatoms. The third-order valence-electron chi connectivity index (χ3n) is 3.48. The van der Waals surface area contributed by atoms with Gasteiger partial charge in [-0.1, -0.05) is 12.1 Å². The molecule has 1 atom stereocenters. The molecule has 4 N–H and O–H groups in total. The van der Waals surface area contributed by atoms with E-state index >= 15 is 0 Å². The maximum Gasteiger partial charge on any atom is 0.180 e. The van der Waals surface area contributed by atoms with Gasteiger partial charge in [-0.15, -0.1) is 11.3 Å². The van der Waals surface area contributed by atoms with E-state index in [1.54, 1.807) is 6.07 Å². The summed E-state index contributed by atoms with van der Waals surface area (Å²) < 4.78 is 13.3. The zero-order valence-corrected chi connectivity index (χ0v) is 10.6. The van der Waals surface area contributed by atoms with Crippen molar-refractivity contribution in [2.75, 3.05) is 5.73 Å². The Kier molecular flexibility index (Phi) is 2.60. The first kappa shape index (κ1) is 11.6. The summed E-state index contributed by atoms with van der Waals surface area (Å²) in [6, 6.07) is 6.52. The van der Waals surface area contributed by atoms with Crippen LogP contribution in [0, 0.1) is 5.82 Å². The summed E-state index contributed by atoms with van der Waals surface area (Å²) in [6.45, 7) is 0. The summed E-state index contributed by atoms with van der Waals surface area (Å²) in [4.78, 5) is 5.53. The maximum atomic E-state index is 13.3. The van der Waals surface area contributed by atoms with Crippen LogP contribution in [-0.2, 0) is 18.4 Å². The molecule has 2 aromatic rings. The van der Waals surface area contributed by atoms with Gasteiger partial charge >= 0.3 is 0 Å². The van der Waals surface area contributed by atoms with Crippen molar-refractivity contribution in [1.82, 2.24) is 4.98 Å². The number of hydrogen-bond donors (Lipinski definition) is 2. The van der Waals surface area contributed by atoms with Crippen LogP contribution in [0.4, 0.5) is 9.52 Å². The highest BCUT2D eigenvalue weighted by molar-refractivity contribution is 7.15. The quantitative estimate of drug-likeness (QED) is 0.829. The third kappa shape index (κ3) is 1.89. The molecule has 1 aromatic heterocycles. The molecule has 0 spiro atoms. The first-order valence-electron chi connectivity index (χ1n) is 5.86. The third-order valence-corrected chi connectivity index (χ3v) is 4.46. The molecule has 1 aliphatic carbocycles. The van der Waals surface area contributed by atoms with Gasteiger partial charge in [-0.05, 0) is 30.5 Å². The highest BCUT2D eigenvalue weighted by atomic mass is 32.1. The van der Waals surface area contributed by atoms with E-state index in [9.17, 15) is 4.39 Å². The van der Waals surface area contributed by atoms with Crippen molar-refractivity contribution in [1.29, 1.82) is 0 Å². The largest absolute Gasteiger partial charge is 0.375 e. The van der Waals surface area contributed by atoms with E-state index in [2.05, 4.69) is 4.98 Å². The number of hydrogen-bond acceptors (Lipinski definition) is 4. The number of nitrogens with two attached hydrogens (primary N) is 2. The zero-order chi connectivity index (χ0) is 12.8. The first-order valence-corrected chi connectivity index (χ1v) is 6.67. The van der Waals surface area contributed by atoms with Crippen molar-refractivity contribution in [3.05, 3.63) is 46.2 Å². The molecule has 0 amide bonds. The molecule has 94 valence electrons. The van der Waals surface area contributed by atoms with Crippen molar-refractivity contribution in [3.8, 4) is 0 Å². The lowest BCUT2D eigenvalue weighted by Crippen LogP contribution is -2.42. The molecule has 3 rings (SSSR count). The van der Waals surface area contributed by atoms with Crippen LogP contribution in [0.5, 0.6) is 0 Å². The molecule has 1 aromatic carbocycles. The molecule has 1 heterocycles. The number of aryl methyl sites for hydroxylation is 1. The van der Waals surface area contributed by atoms with Gasteiger partial charge in [0.15, 0.2) is 5.13 Å². The summed E-state index contributed by atoms with van der Waals surface area (Å²) >= 11 is 1.53. The van der Waals surface area contributed by atoms with Crippen LogP contribution in [0.15, 0.2) is 24.3 Å². The van der Waals surface area contributed by atoms with Gasteiger partial charge < -0.3 is 11.5 Å². The molecule has 0 bridgehead atoms. The van der Waals surface area contributed by atoms with Gasteiger partial charge in [0.25, 0.3) is 0 Å². The summed E-state index contributed by atoms with van der Waals surface area (Å²) in [5, 5.41) is 0.587. The fourth-order valence-corrected chi connectivity index (χ4v) is 3.35. The van der Waals surface area contributed by atoms with Gasteiger partial charge in [-0.3, -0.25) is 0 Å². The van der Waals surface area contributed by atoms with Crippen LogP contribution in [0.2, 0.25) is 0 Å².